The Morgan fingerprint density at radius 3 is 3.00 bits per heavy atom. The first-order chi connectivity index (χ1) is 9.16. The summed E-state index contributed by atoms with van der Waals surface area (Å²) in [5, 5.41) is 6.55. The summed E-state index contributed by atoms with van der Waals surface area (Å²) in [4.78, 5) is 26.7. The minimum Gasteiger partial charge on any atom is -0.351 e. The van der Waals surface area contributed by atoms with Crippen molar-refractivity contribution < 1.29 is 9.59 Å². The summed E-state index contributed by atoms with van der Waals surface area (Å²) in [7, 11) is 0. The van der Waals surface area contributed by atoms with E-state index >= 15 is 0 Å². The Kier molecular flexibility index (Phi) is 4.22. The van der Waals surface area contributed by atoms with Crippen molar-refractivity contribution in [2.75, 3.05) is 6.54 Å². The van der Waals surface area contributed by atoms with Crippen LogP contribution in [0.3, 0.4) is 0 Å². The lowest BCUT2D eigenvalue weighted by atomic mass is 10.1. The predicted molar refractivity (Wildman–Crippen MR) is 70.5 cm³/mol. The van der Waals surface area contributed by atoms with Crippen molar-refractivity contribution in [1.29, 1.82) is 0 Å². The van der Waals surface area contributed by atoms with Gasteiger partial charge in [-0.3, -0.25) is 14.6 Å². The van der Waals surface area contributed by atoms with E-state index in [0.29, 0.717) is 25.1 Å². The Bertz CT molecular complexity index is 525. The predicted octanol–water partition coefficient (Wildman–Crippen LogP) is 0.315. The minimum absolute atomic E-state index is 0.149. The van der Waals surface area contributed by atoms with E-state index in [1.165, 1.54) is 0 Å². The SMILES string of the molecule is Cc1cnccc1CCNC(=O)C1=NNC(=O)CC1. The minimum atomic E-state index is -0.216. The molecule has 2 N–H and O–H groups in total. The van der Waals surface area contributed by atoms with Gasteiger partial charge in [-0.25, -0.2) is 5.43 Å². The van der Waals surface area contributed by atoms with Crippen LogP contribution in [-0.4, -0.2) is 29.1 Å². The molecule has 100 valence electrons. The molecule has 0 aliphatic carbocycles. The molecule has 0 saturated heterocycles. The monoisotopic (exact) mass is 260 g/mol. The summed E-state index contributed by atoms with van der Waals surface area (Å²) in [6.07, 6.45) is 5.00. The lowest BCUT2D eigenvalue weighted by Crippen LogP contribution is -2.37. The van der Waals surface area contributed by atoms with Gasteiger partial charge in [0.25, 0.3) is 5.91 Å². The van der Waals surface area contributed by atoms with Crippen molar-refractivity contribution >= 4 is 17.5 Å². The fourth-order valence-corrected chi connectivity index (χ4v) is 1.83. The average Bonchev–Trinajstić information content (AvgIpc) is 2.41. The zero-order chi connectivity index (χ0) is 13.7. The van der Waals surface area contributed by atoms with Crippen molar-refractivity contribution in [2.24, 2.45) is 5.10 Å². The molecule has 6 heteroatoms. The molecular weight excluding hydrogens is 244 g/mol. The number of aryl methyl sites for hydroxylation is 1. The molecule has 2 rings (SSSR count). The Hall–Kier alpha value is -2.24. The Morgan fingerprint density at radius 2 is 2.32 bits per heavy atom. The number of carbonyl (C=O) groups excluding carboxylic acids is 2. The quantitative estimate of drug-likeness (QED) is 0.817. The number of hydrogen-bond donors (Lipinski definition) is 2. The molecule has 0 radical (unpaired) electrons. The highest BCUT2D eigenvalue weighted by molar-refractivity contribution is 6.39. The fraction of sp³-hybridized carbons (Fsp3) is 0.385. The van der Waals surface area contributed by atoms with Crippen LogP contribution in [0.15, 0.2) is 23.6 Å². The average molecular weight is 260 g/mol. The van der Waals surface area contributed by atoms with Crippen LogP contribution in [0.2, 0.25) is 0 Å². The van der Waals surface area contributed by atoms with E-state index in [9.17, 15) is 9.59 Å². The molecule has 0 unspecified atom stereocenters. The molecule has 0 aromatic carbocycles. The molecular formula is C13H16N4O2. The summed E-state index contributed by atoms with van der Waals surface area (Å²) >= 11 is 0. The van der Waals surface area contributed by atoms with Gasteiger partial charge in [-0.2, -0.15) is 5.10 Å². The fourth-order valence-electron chi connectivity index (χ4n) is 1.83. The Morgan fingerprint density at radius 1 is 1.47 bits per heavy atom. The van der Waals surface area contributed by atoms with E-state index < -0.39 is 0 Å². The number of carbonyl (C=O) groups is 2. The van der Waals surface area contributed by atoms with E-state index in [-0.39, 0.29) is 11.8 Å². The lowest BCUT2D eigenvalue weighted by molar-refractivity contribution is -0.121. The van der Waals surface area contributed by atoms with E-state index in [0.717, 1.165) is 17.5 Å². The normalized spacial score (nSPS) is 14.6. The number of nitrogens with one attached hydrogen (secondary N) is 2. The molecule has 2 heterocycles. The van der Waals surface area contributed by atoms with Gasteiger partial charge in [0.05, 0.1) is 0 Å². The zero-order valence-corrected chi connectivity index (χ0v) is 10.8. The zero-order valence-electron chi connectivity index (χ0n) is 10.8. The second-order valence-corrected chi connectivity index (χ2v) is 4.40. The molecule has 0 spiro atoms. The van der Waals surface area contributed by atoms with Crippen LogP contribution in [0, 0.1) is 6.92 Å². The van der Waals surface area contributed by atoms with Gasteiger partial charge < -0.3 is 5.32 Å². The van der Waals surface area contributed by atoms with Gasteiger partial charge in [-0.15, -0.1) is 0 Å². The highest BCUT2D eigenvalue weighted by Crippen LogP contribution is 2.05. The summed E-state index contributed by atoms with van der Waals surface area (Å²) in [5.74, 6) is -0.365. The van der Waals surface area contributed by atoms with Crippen molar-refractivity contribution in [3.8, 4) is 0 Å². The molecule has 1 aromatic rings. The second kappa shape index (κ2) is 6.08. The maximum atomic E-state index is 11.8. The van der Waals surface area contributed by atoms with Gasteiger partial charge in [0, 0.05) is 31.8 Å². The van der Waals surface area contributed by atoms with Crippen LogP contribution < -0.4 is 10.7 Å². The Balaban J connectivity index is 1.81. The lowest BCUT2D eigenvalue weighted by Gasteiger charge is -2.12. The summed E-state index contributed by atoms with van der Waals surface area (Å²) in [6.45, 7) is 2.53. The van der Waals surface area contributed by atoms with E-state index in [1.807, 2.05) is 13.0 Å². The van der Waals surface area contributed by atoms with Crippen LogP contribution in [0.1, 0.15) is 24.0 Å². The molecule has 6 nitrogen and oxygen atoms in total. The molecule has 0 saturated carbocycles. The Labute approximate surface area is 111 Å². The third-order valence-electron chi connectivity index (χ3n) is 2.98. The highest BCUT2D eigenvalue weighted by Gasteiger charge is 2.17. The topological polar surface area (TPSA) is 83.4 Å². The van der Waals surface area contributed by atoms with Gasteiger partial charge in [0.2, 0.25) is 5.91 Å². The number of pyridine rings is 1. The van der Waals surface area contributed by atoms with Gasteiger partial charge >= 0.3 is 0 Å². The highest BCUT2D eigenvalue weighted by atomic mass is 16.2. The van der Waals surface area contributed by atoms with Crippen molar-refractivity contribution in [3.63, 3.8) is 0 Å². The maximum Gasteiger partial charge on any atom is 0.267 e. The molecule has 1 aromatic heterocycles. The third kappa shape index (κ3) is 3.61. The van der Waals surface area contributed by atoms with Gasteiger partial charge in [-0.1, -0.05) is 0 Å². The van der Waals surface area contributed by atoms with Crippen molar-refractivity contribution in [3.05, 3.63) is 29.6 Å². The van der Waals surface area contributed by atoms with E-state index in [4.69, 9.17) is 0 Å². The number of nitrogens with zero attached hydrogens (tertiary/aromatic N) is 2. The van der Waals surface area contributed by atoms with Gasteiger partial charge in [0.15, 0.2) is 0 Å². The number of hydrazone groups is 1. The molecule has 0 fully saturated rings. The van der Waals surface area contributed by atoms with Crippen LogP contribution in [-0.2, 0) is 16.0 Å². The largest absolute Gasteiger partial charge is 0.351 e. The van der Waals surface area contributed by atoms with Crippen LogP contribution in [0.25, 0.3) is 0 Å². The third-order valence-corrected chi connectivity index (χ3v) is 2.98. The standard InChI is InChI=1S/C13H16N4O2/c1-9-8-14-6-4-10(9)5-7-15-13(19)11-2-3-12(18)17-16-11/h4,6,8H,2-3,5,7H2,1H3,(H,15,19)(H,17,18). The van der Waals surface area contributed by atoms with E-state index in [2.05, 4.69) is 20.8 Å². The van der Waals surface area contributed by atoms with Gasteiger partial charge in [-0.05, 0) is 30.5 Å². The number of rotatable bonds is 4. The van der Waals surface area contributed by atoms with Crippen LogP contribution in [0.4, 0.5) is 0 Å². The van der Waals surface area contributed by atoms with Crippen molar-refractivity contribution in [2.45, 2.75) is 26.2 Å². The second-order valence-electron chi connectivity index (χ2n) is 4.40. The summed E-state index contributed by atoms with van der Waals surface area (Å²) < 4.78 is 0. The van der Waals surface area contributed by atoms with Crippen LogP contribution >= 0.6 is 0 Å². The molecule has 19 heavy (non-hydrogen) atoms. The van der Waals surface area contributed by atoms with Crippen molar-refractivity contribution in [1.82, 2.24) is 15.7 Å². The molecule has 0 bridgehead atoms. The molecule has 2 amide bonds. The van der Waals surface area contributed by atoms with Gasteiger partial charge in [0.1, 0.15) is 5.71 Å². The first-order valence-electron chi connectivity index (χ1n) is 6.20. The number of aromatic nitrogens is 1. The first-order valence-corrected chi connectivity index (χ1v) is 6.20. The molecule has 0 atom stereocenters. The summed E-state index contributed by atoms with van der Waals surface area (Å²) in [5.41, 5.74) is 4.96. The first kappa shape index (κ1) is 13.2. The smallest absolute Gasteiger partial charge is 0.267 e. The number of amides is 2. The van der Waals surface area contributed by atoms with Crippen LogP contribution in [0.5, 0.6) is 0 Å². The maximum absolute atomic E-state index is 11.8. The number of hydrogen-bond acceptors (Lipinski definition) is 4. The molecule has 1 aliphatic rings. The molecule has 1 aliphatic heterocycles. The van der Waals surface area contributed by atoms with E-state index in [1.54, 1.807) is 12.4 Å². The summed E-state index contributed by atoms with van der Waals surface area (Å²) in [6, 6.07) is 1.94.